The molecule has 0 bridgehead atoms. The van der Waals surface area contributed by atoms with Crippen molar-refractivity contribution in [3.8, 4) is 11.4 Å². The minimum Gasteiger partial charge on any atom is -0.481 e. The summed E-state index contributed by atoms with van der Waals surface area (Å²) in [4.78, 5) is 14.5. The minimum absolute atomic E-state index is 0.0654. The van der Waals surface area contributed by atoms with E-state index in [2.05, 4.69) is 10.1 Å². The van der Waals surface area contributed by atoms with Gasteiger partial charge in [0.15, 0.2) is 0 Å². The van der Waals surface area contributed by atoms with Crippen LogP contribution in [0.3, 0.4) is 0 Å². The number of halogens is 1. The van der Waals surface area contributed by atoms with Crippen molar-refractivity contribution in [1.29, 1.82) is 0 Å². The first-order chi connectivity index (χ1) is 8.56. The topological polar surface area (TPSA) is 76.2 Å². The van der Waals surface area contributed by atoms with Crippen molar-refractivity contribution < 1.29 is 18.8 Å². The van der Waals surface area contributed by atoms with E-state index in [4.69, 9.17) is 9.63 Å². The molecule has 18 heavy (non-hydrogen) atoms. The molecule has 6 heteroatoms. The molecule has 0 fully saturated rings. The predicted molar refractivity (Wildman–Crippen MR) is 60.4 cm³/mol. The molecule has 0 unspecified atom stereocenters. The smallest absolute Gasteiger partial charge is 0.303 e. The summed E-state index contributed by atoms with van der Waals surface area (Å²) in [5.41, 5.74) is 1.13. The van der Waals surface area contributed by atoms with Crippen LogP contribution in [0.4, 0.5) is 4.39 Å². The zero-order chi connectivity index (χ0) is 13.1. The Kier molecular flexibility index (Phi) is 3.36. The molecular weight excluding hydrogens is 239 g/mol. The fourth-order valence-electron chi connectivity index (χ4n) is 1.47. The molecule has 0 amide bonds. The van der Waals surface area contributed by atoms with Gasteiger partial charge in [0.05, 0.1) is 6.42 Å². The molecular formula is C12H11FN2O3. The van der Waals surface area contributed by atoms with Crippen LogP contribution in [0.15, 0.2) is 22.7 Å². The second-order valence-electron chi connectivity index (χ2n) is 3.87. The number of benzene rings is 1. The van der Waals surface area contributed by atoms with Crippen LogP contribution < -0.4 is 0 Å². The van der Waals surface area contributed by atoms with Crippen molar-refractivity contribution in [1.82, 2.24) is 10.1 Å². The number of carboxylic acids is 1. The summed E-state index contributed by atoms with van der Waals surface area (Å²) < 4.78 is 18.0. The van der Waals surface area contributed by atoms with Crippen molar-refractivity contribution in [2.45, 2.75) is 19.8 Å². The van der Waals surface area contributed by atoms with E-state index in [0.29, 0.717) is 17.0 Å². The Labute approximate surface area is 102 Å². The van der Waals surface area contributed by atoms with Crippen molar-refractivity contribution in [2.75, 3.05) is 0 Å². The van der Waals surface area contributed by atoms with E-state index in [1.807, 2.05) is 0 Å². The molecule has 2 rings (SSSR count). The van der Waals surface area contributed by atoms with E-state index in [1.165, 1.54) is 6.07 Å². The van der Waals surface area contributed by atoms with Crippen molar-refractivity contribution >= 4 is 5.97 Å². The van der Waals surface area contributed by atoms with Gasteiger partial charge >= 0.3 is 5.97 Å². The molecule has 0 saturated carbocycles. The molecule has 1 aromatic carbocycles. The summed E-state index contributed by atoms with van der Waals surface area (Å²) in [6.45, 7) is 1.64. The van der Waals surface area contributed by atoms with Gasteiger partial charge in [0.25, 0.3) is 0 Å². The molecule has 0 radical (unpaired) electrons. The number of aryl methyl sites for hydroxylation is 2. The highest BCUT2D eigenvalue weighted by atomic mass is 19.1. The zero-order valence-corrected chi connectivity index (χ0v) is 9.68. The van der Waals surface area contributed by atoms with Crippen LogP contribution in [0.1, 0.15) is 17.9 Å². The first-order valence-corrected chi connectivity index (χ1v) is 5.37. The Hall–Kier alpha value is -2.24. The Morgan fingerprint density at radius 2 is 2.28 bits per heavy atom. The van der Waals surface area contributed by atoms with Crippen LogP contribution in [-0.4, -0.2) is 21.2 Å². The highest BCUT2D eigenvalue weighted by Crippen LogP contribution is 2.19. The van der Waals surface area contributed by atoms with Crippen molar-refractivity contribution in [2.24, 2.45) is 0 Å². The minimum atomic E-state index is -0.924. The maximum Gasteiger partial charge on any atom is 0.303 e. The third-order valence-electron chi connectivity index (χ3n) is 2.44. The van der Waals surface area contributed by atoms with E-state index in [-0.39, 0.29) is 24.5 Å². The third-order valence-corrected chi connectivity index (χ3v) is 2.44. The van der Waals surface area contributed by atoms with Gasteiger partial charge in [-0.15, -0.1) is 0 Å². The molecule has 0 aliphatic heterocycles. The van der Waals surface area contributed by atoms with Crippen LogP contribution in [0.2, 0.25) is 0 Å². The summed E-state index contributed by atoms with van der Waals surface area (Å²) >= 11 is 0. The van der Waals surface area contributed by atoms with Gasteiger partial charge in [-0.2, -0.15) is 4.98 Å². The maximum atomic E-state index is 13.1. The van der Waals surface area contributed by atoms with Gasteiger partial charge in [0, 0.05) is 12.0 Å². The average molecular weight is 250 g/mol. The second kappa shape index (κ2) is 4.95. The summed E-state index contributed by atoms with van der Waals surface area (Å²) in [5.74, 6) is -0.631. The molecule has 5 nitrogen and oxygen atoms in total. The largest absolute Gasteiger partial charge is 0.481 e. The van der Waals surface area contributed by atoms with Crippen LogP contribution in [-0.2, 0) is 11.2 Å². The fourth-order valence-corrected chi connectivity index (χ4v) is 1.47. The Bertz CT molecular complexity index is 580. The molecule has 94 valence electrons. The molecule has 0 spiro atoms. The van der Waals surface area contributed by atoms with Crippen molar-refractivity contribution in [3.63, 3.8) is 0 Å². The van der Waals surface area contributed by atoms with Crippen molar-refractivity contribution in [3.05, 3.63) is 35.5 Å². The molecule has 2 aromatic rings. The number of rotatable bonds is 4. The lowest BCUT2D eigenvalue weighted by molar-refractivity contribution is -0.137. The van der Waals surface area contributed by atoms with E-state index in [1.54, 1.807) is 19.1 Å². The van der Waals surface area contributed by atoms with Crippen LogP contribution >= 0.6 is 0 Å². The highest BCUT2D eigenvalue weighted by molar-refractivity contribution is 5.66. The van der Waals surface area contributed by atoms with Gasteiger partial charge in [-0.05, 0) is 30.7 Å². The van der Waals surface area contributed by atoms with Gasteiger partial charge in [-0.1, -0.05) is 5.16 Å². The van der Waals surface area contributed by atoms with Gasteiger partial charge in [-0.3, -0.25) is 4.79 Å². The third kappa shape index (κ3) is 2.71. The summed E-state index contributed by atoms with van der Waals surface area (Å²) in [6.07, 6.45) is 0.118. The van der Waals surface area contributed by atoms with Gasteiger partial charge in [0.2, 0.25) is 11.7 Å². The van der Waals surface area contributed by atoms with Gasteiger partial charge in [0.1, 0.15) is 5.82 Å². The van der Waals surface area contributed by atoms with E-state index < -0.39 is 5.97 Å². The average Bonchev–Trinajstić information content (AvgIpc) is 2.79. The monoisotopic (exact) mass is 250 g/mol. The number of carbonyl (C=O) groups is 1. The standard InChI is InChI=1S/C12H11FN2O3/c1-7-6-8(2-3-9(7)13)12-14-10(18-15-12)4-5-11(16)17/h2-3,6H,4-5H2,1H3,(H,16,17). The molecule has 1 N–H and O–H groups in total. The molecule has 0 aliphatic carbocycles. The molecule has 1 heterocycles. The maximum absolute atomic E-state index is 13.1. The lowest BCUT2D eigenvalue weighted by Crippen LogP contribution is -1.97. The molecule has 0 aliphatic rings. The summed E-state index contributed by atoms with van der Waals surface area (Å²) in [5, 5.41) is 12.3. The van der Waals surface area contributed by atoms with E-state index in [9.17, 15) is 9.18 Å². The van der Waals surface area contributed by atoms with Crippen LogP contribution in [0, 0.1) is 12.7 Å². The predicted octanol–water partition coefficient (Wildman–Crippen LogP) is 2.20. The number of hydrogen-bond donors (Lipinski definition) is 1. The summed E-state index contributed by atoms with van der Waals surface area (Å²) in [6, 6.07) is 4.49. The summed E-state index contributed by atoms with van der Waals surface area (Å²) in [7, 11) is 0. The SMILES string of the molecule is Cc1cc(-c2noc(CCC(=O)O)n2)ccc1F. The molecule has 0 atom stereocenters. The zero-order valence-electron chi connectivity index (χ0n) is 9.68. The molecule has 1 aromatic heterocycles. The number of aromatic nitrogens is 2. The number of aliphatic carboxylic acids is 1. The van der Waals surface area contributed by atoms with Crippen LogP contribution in [0.5, 0.6) is 0 Å². The molecule has 0 saturated heterocycles. The second-order valence-corrected chi connectivity index (χ2v) is 3.87. The van der Waals surface area contributed by atoms with E-state index >= 15 is 0 Å². The van der Waals surface area contributed by atoms with E-state index in [0.717, 1.165) is 0 Å². The first kappa shape index (κ1) is 12.2. The Balaban J connectivity index is 2.18. The lowest BCUT2D eigenvalue weighted by Gasteiger charge is -1.97. The Morgan fingerprint density at radius 1 is 1.50 bits per heavy atom. The van der Waals surface area contributed by atoms with Crippen LogP contribution in [0.25, 0.3) is 11.4 Å². The van der Waals surface area contributed by atoms with Gasteiger partial charge < -0.3 is 9.63 Å². The number of nitrogens with zero attached hydrogens (tertiary/aromatic N) is 2. The highest BCUT2D eigenvalue weighted by Gasteiger charge is 2.11. The normalized spacial score (nSPS) is 10.6. The number of hydrogen-bond acceptors (Lipinski definition) is 4. The lowest BCUT2D eigenvalue weighted by atomic mass is 10.1. The van der Waals surface area contributed by atoms with Gasteiger partial charge in [-0.25, -0.2) is 4.39 Å². The quantitative estimate of drug-likeness (QED) is 0.900. The number of carboxylic acid groups (broad SMARTS) is 1. The fraction of sp³-hybridized carbons (Fsp3) is 0.250. The first-order valence-electron chi connectivity index (χ1n) is 5.37. The Morgan fingerprint density at radius 3 is 2.94 bits per heavy atom.